The summed E-state index contributed by atoms with van der Waals surface area (Å²) in [6.07, 6.45) is 1.97. The molecule has 1 aromatic heterocycles. The number of fused-ring (bicyclic) bond motifs is 2. The number of rotatable bonds is 6. The first-order chi connectivity index (χ1) is 16.5. The molecule has 0 aliphatic carbocycles. The van der Waals surface area contributed by atoms with Crippen LogP contribution in [-0.4, -0.2) is 45.2 Å². The highest BCUT2D eigenvalue weighted by Crippen LogP contribution is 2.44. The lowest BCUT2D eigenvalue weighted by Gasteiger charge is -2.36. The molecule has 1 aliphatic heterocycles. The van der Waals surface area contributed by atoms with Crippen LogP contribution in [0.15, 0.2) is 77.8 Å². The summed E-state index contributed by atoms with van der Waals surface area (Å²) in [6, 6.07) is 20.0. The van der Waals surface area contributed by atoms with E-state index in [2.05, 4.69) is 4.57 Å². The number of hydrogen-bond acceptors (Lipinski definition) is 5. The molecule has 0 spiro atoms. The van der Waals surface area contributed by atoms with Gasteiger partial charge in [0.2, 0.25) is 15.8 Å². The first kappa shape index (κ1) is 22.3. The molecule has 176 valence electrons. The lowest BCUT2D eigenvalue weighted by molar-refractivity contribution is 0.293. The van der Waals surface area contributed by atoms with E-state index >= 15 is 0 Å². The molecule has 8 heteroatoms. The second-order valence-electron chi connectivity index (χ2n) is 8.11. The number of sulfonamides is 1. The summed E-state index contributed by atoms with van der Waals surface area (Å²) in [6.45, 7) is 0.897. The predicted octanol–water partition coefficient (Wildman–Crippen LogP) is 4.46. The number of hydrogen-bond donors (Lipinski definition) is 0. The van der Waals surface area contributed by atoms with Gasteiger partial charge in [-0.05, 0) is 52.7 Å². The lowest BCUT2D eigenvalue weighted by atomic mass is 10.0. The van der Waals surface area contributed by atoms with Crippen LogP contribution in [0.3, 0.4) is 0 Å². The third-order valence-corrected chi connectivity index (χ3v) is 8.18. The third-order valence-electron chi connectivity index (χ3n) is 6.32. The van der Waals surface area contributed by atoms with E-state index in [1.54, 1.807) is 37.8 Å². The van der Waals surface area contributed by atoms with Gasteiger partial charge >= 0.3 is 0 Å². The zero-order chi connectivity index (χ0) is 23.9. The fourth-order valence-electron chi connectivity index (χ4n) is 4.68. The van der Waals surface area contributed by atoms with Gasteiger partial charge in [-0.15, -0.1) is 0 Å². The summed E-state index contributed by atoms with van der Waals surface area (Å²) in [4.78, 5) is 0.267. The van der Waals surface area contributed by atoms with E-state index in [0.29, 0.717) is 30.3 Å². The Morgan fingerprint density at radius 1 is 0.794 bits per heavy atom. The number of methoxy groups -OCH3 is 3. The molecule has 7 nitrogen and oxygen atoms in total. The number of nitrogens with zero attached hydrogens (tertiary/aromatic N) is 2. The van der Waals surface area contributed by atoms with Crippen LogP contribution < -0.4 is 14.2 Å². The molecule has 0 saturated carbocycles. The van der Waals surface area contributed by atoms with Crippen molar-refractivity contribution in [3.05, 3.63) is 84.2 Å². The van der Waals surface area contributed by atoms with Crippen LogP contribution in [-0.2, 0) is 16.6 Å². The molecule has 0 bridgehead atoms. The molecular formula is C26H26N2O5S. The average molecular weight is 479 g/mol. The second kappa shape index (κ2) is 8.70. The van der Waals surface area contributed by atoms with Gasteiger partial charge in [0.15, 0.2) is 11.5 Å². The number of ether oxygens (including phenoxy) is 3. The van der Waals surface area contributed by atoms with Crippen molar-refractivity contribution < 1.29 is 22.6 Å². The lowest BCUT2D eigenvalue weighted by Crippen LogP contribution is -2.42. The SMILES string of the molecule is COc1cc(C2c3cccn3CCN2S(=O)(=O)c2ccc3ccccc3c2)cc(OC)c1OC. The zero-order valence-corrected chi connectivity index (χ0v) is 20.1. The standard InChI is InChI=1S/C26H26N2O5S/c1-31-23-16-20(17-24(32-2)26(23)33-3)25-22-9-6-12-27(22)13-14-28(25)34(29,30)21-11-10-18-7-4-5-8-19(18)15-21/h4-12,15-17,25H,13-14H2,1-3H3. The molecule has 5 rings (SSSR count). The minimum absolute atomic E-state index is 0.267. The minimum atomic E-state index is -3.82. The molecule has 0 fully saturated rings. The summed E-state index contributed by atoms with van der Waals surface area (Å²) in [7, 11) is 0.824. The van der Waals surface area contributed by atoms with Gasteiger partial charge in [-0.1, -0.05) is 30.3 Å². The quantitative estimate of drug-likeness (QED) is 0.409. The topological polar surface area (TPSA) is 70.0 Å². The molecule has 4 aromatic rings. The van der Waals surface area contributed by atoms with Gasteiger partial charge in [0.1, 0.15) is 0 Å². The molecule has 3 aromatic carbocycles. The fraction of sp³-hybridized carbons (Fsp3) is 0.231. The maximum absolute atomic E-state index is 14.0. The monoisotopic (exact) mass is 478 g/mol. The Morgan fingerprint density at radius 2 is 1.50 bits per heavy atom. The van der Waals surface area contributed by atoms with Crippen LogP contribution in [0.25, 0.3) is 10.8 Å². The van der Waals surface area contributed by atoms with E-state index in [1.165, 1.54) is 0 Å². The minimum Gasteiger partial charge on any atom is -0.493 e. The van der Waals surface area contributed by atoms with E-state index in [-0.39, 0.29) is 4.90 Å². The number of benzene rings is 3. The van der Waals surface area contributed by atoms with Gasteiger partial charge in [-0.25, -0.2) is 8.42 Å². The average Bonchev–Trinajstić information content (AvgIpc) is 3.35. The highest BCUT2D eigenvalue weighted by atomic mass is 32.2. The van der Waals surface area contributed by atoms with Gasteiger partial charge in [-0.2, -0.15) is 4.31 Å². The molecule has 0 radical (unpaired) electrons. The Bertz CT molecular complexity index is 1440. The molecule has 0 N–H and O–H groups in total. The summed E-state index contributed by atoms with van der Waals surface area (Å²) in [5.41, 5.74) is 1.61. The molecule has 0 saturated heterocycles. The summed E-state index contributed by atoms with van der Waals surface area (Å²) in [5.74, 6) is 1.41. The smallest absolute Gasteiger partial charge is 0.244 e. The van der Waals surface area contributed by atoms with Gasteiger partial charge in [0.25, 0.3) is 0 Å². The number of aromatic nitrogens is 1. The van der Waals surface area contributed by atoms with E-state index in [0.717, 1.165) is 22.0 Å². The normalized spacial score (nSPS) is 16.3. The Kier molecular flexibility index (Phi) is 5.71. The van der Waals surface area contributed by atoms with Crippen LogP contribution in [0.1, 0.15) is 17.3 Å². The van der Waals surface area contributed by atoms with Crippen LogP contribution in [0.4, 0.5) is 0 Å². The molecule has 0 amide bonds. The Hall–Kier alpha value is -3.49. The van der Waals surface area contributed by atoms with Crippen molar-refractivity contribution in [3.63, 3.8) is 0 Å². The van der Waals surface area contributed by atoms with Gasteiger partial charge in [-0.3, -0.25) is 0 Å². The summed E-state index contributed by atoms with van der Waals surface area (Å²) < 4.78 is 48.2. The zero-order valence-electron chi connectivity index (χ0n) is 19.3. The molecule has 1 atom stereocenters. The predicted molar refractivity (Wildman–Crippen MR) is 130 cm³/mol. The van der Waals surface area contributed by atoms with Crippen LogP contribution in [0.5, 0.6) is 17.2 Å². The van der Waals surface area contributed by atoms with Crippen molar-refractivity contribution in [2.24, 2.45) is 0 Å². The van der Waals surface area contributed by atoms with Gasteiger partial charge in [0.05, 0.1) is 32.3 Å². The molecular weight excluding hydrogens is 452 g/mol. The Balaban J connectivity index is 1.68. The van der Waals surface area contributed by atoms with Crippen LogP contribution >= 0.6 is 0 Å². The van der Waals surface area contributed by atoms with Crippen molar-refractivity contribution in [2.45, 2.75) is 17.5 Å². The Morgan fingerprint density at radius 3 is 2.18 bits per heavy atom. The maximum Gasteiger partial charge on any atom is 0.244 e. The summed E-state index contributed by atoms with van der Waals surface area (Å²) >= 11 is 0. The van der Waals surface area contributed by atoms with Crippen molar-refractivity contribution in [3.8, 4) is 17.2 Å². The van der Waals surface area contributed by atoms with Crippen molar-refractivity contribution in [2.75, 3.05) is 27.9 Å². The van der Waals surface area contributed by atoms with Crippen LogP contribution in [0.2, 0.25) is 0 Å². The Labute approximate surface area is 199 Å². The first-order valence-corrected chi connectivity index (χ1v) is 12.4. The highest BCUT2D eigenvalue weighted by Gasteiger charge is 2.38. The largest absolute Gasteiger partial charge is 0.493 e. The molecule has 2 heterocycles. The molecule has 1 aliphatic rings. The fourth-order valence-corrected chi connectivity index (χ4v) is 6.30. The summed E-state index contributed by atoms with van der Waals surface area (Å²) in [5, 5.41) is 1.88. The second-order valence-corrected chi connectivity index (χ2v) is 10.0. The van der Waals surface area contributed by atoms with Crippen molar-refractivity contribution >= 4 is 20.8 Å². The highest BCUT2D eigenvalue weighted by molar-refractivity contribution is 7.89. The van der Waals surface area contributed by atoms with Crippen molar-refractivity contribution in [1.82, 2.24) is 8.87 Å². The maximum atomic E-state index is 14.0. The van der Waals surface area contributed by atoms with E-state index in [4.69, 9.17) is 14.2 Å². The first-order valence-electron chi connectivity index (χ1n) is 10.9. The third kappa shape index (κ3) is 3.59. The molecule has 1 unspecified atom stereocenters. The van der Waals surface area contributed by atoms with Crippen LogP contribution in [0, 0.1) is 0 Å². The van der Waals surface area contributed by atoms with E-state index < -0.39 is 16.1 Å². The van der Waals surface area contributed by atoms with Gasteiger partial charge in [0, 0.05) is 25.0 Å². The van der Waals surface area contributed by atoms with Gasteiger partial charge < -0.3 is 18.8 Å². The van der Waals surface area contributed by atoms with E-state index in [9.17, 15) is 8.42 Å². The molecule has 34 heavy (non-hydrogen) atoms. The van der Waals surface area contributed by atoms with Crippen molar-refractivity contribution in [1.29, 1.82) is 0 Å². The van der Waals surface area contributed by atoms with E-state index in [1.807, 2.05) is 60.8 Å².